The molecule has 6 aromatic rings. The van der Waals surface area contributed by atoms with Gasteiger partial charge in [-0.3, -0.25) is 0 Å². The van der Waals surface area contributed by atoms with Gasteiger partial charge in [-0.1, -0.05) is 109 Å². The van der Waals surface area contributed by atoms with Crippen LogP contribution in [0.3, 0.4) is 0 Å². The maximum Gasteiger partial charge on any atom is -0.00262 e. The Morgan fingerprint density at radius 1 is 0.333 bits per heavy atom. The summed E-state index contributed by atoms with van der Waals surface area (Å²) in [4.78, 5) is 0. The first-order chi connectivity index (χ1) is 16.3. The van der Waals surface area contributed by atoms with Gasteiger partial charge in [0.1, 0.15) is 0 Å². The Balaban J connectivity index is 1.73. The summed E-state index contributed by atoms with van der Waals surface area (Å²) in [6.07, 6.45) is 0. The van der Waals surface area contributed by atoms with Gasteiger partial charge in [-0.2, -0.15) is 0 Å². The maximum atomic E-state index is 2.35. The minimum Gasteiger partial charge on any atom is -0.0622 e. The molecule has 0 aliphatic carbocycles. The Hall–Kier alpha value is -4.16. The predicted molar refractivity (Wildman–Crippen MR) is 142 cm³/mol. The lowest BCUT2D eigenvalue weighted by molar-refractivity contribution is 1.56. The van der Waals surface area contributed by atoms with Crippen molar-refractivity contribution in [1.82, 2.24) is 0 Å². The number of aryl methyl sites for hydroxylation is 1. The van der Waals surface area contributed by atoms with Crippen LogP contribution < -0.4 is 0 Å². The molecule has 0 saturated carbocycles. The van der Waals surface area contributed by atoms with Gasteiger partial charge in [0.25, 0.3) is 0 Å². The topological polar surface area (TPSA) is 0 Å². The zero-order chi connectivity index (χ0) is 22.2. The first-order valence-electron chi connectivity index (χ1n) is 11.5. The first kappa shape index (κ1) is 19.5. The van der Waals surface area contributed by atoms with E-state index in [1.165, 1.54) is 60.5 Å². The normalized spacial score (nSPS) is 11.2. The Bertz CT molecular complexity index is 1480. The third-order valence-corrected chi connectivity index (χ3v) is 6.64. The molecule has 0 fully saturated rings. The second kappa shape index (κ2) is 8.07. The average Bonchev–Trinajstić information content (AvgIpc) is 2.90. The van der Waals surface area contributed by atoms with Gasteiger partial charge in [0, 0.05) is 0 Å². The molecule has 6 aromatic carbocycles. The lowest BCUT2D eigenvalue weighted by Gasteiger charge is -2.17. The zero-order valence-corrected chi connectivity index (χ0v) is 18.6. The van der Waals surface area contributed by atoms with E-state index < -0.39 is 0 Å². The van der Waals surface area contributed by atoms with Crippen LogP contribution in [0, 0.1) is 6.92 Å². The summed E-state index contributed by atoms with van der Waals surface area (Å²) < 4.78 is 0. The van der Waals surface area contributed by atoms with Crippen molar-refractivity contribution in [2.45, 2.75) is 6.92 Å². The molecule has 0 N–H and O–H groups in total. The second-order valence-corrected chi connectivity index (χ2v) is 8.62. The van der Waals surface area contributed by atoms with Gasteiger partial charge in [-0.15, -0.1) is 0 Å². The highest BCUT2D eigenvalue weighted by Crippen LogP contribution is 2.41. The quantitative estimate of drug-likeness (QED) is 0.250. The van der Waals surface area contributed by atoms with Gasteiger partial charge in [0.15, 0.2) is 0 Å². The van der Waals surface area contributed by atoms with E-state index in [0.29, 0.717) is 0 Å². The molecular weight excluding hydrogens is 396 g/mol. The maximum absolute atomic E-state index is 2.35. The fraction of sp³-hybridized carbons (Fsp3) is 0.0303. The highest BCUT2D eigenvalue weighted by Gasteiger charge is 2.15. The van der Waals surface area contributed by atoms with Gasteiger partial charge in [-0.05, 0) is 85.6 Å². The molecule has 0 radical (unpaired) electrons. The summed E-state index contributed by atoms with van der Waals surface area (Å²) >= 11 is 0. The average molecular weight is 421 g/mol. The Morgan fingerprint density at radius 2 is 0.697 bits per heavy atom. The van der Waals surface area contributed by atoms with Gasteiger partial charge in [-0.25, -0.2) is 0 Å². The molecule has 156 valence electrons. The van der Waals surface area contributed by atoms with Crippen molar-refractivity contribution >= 4 is 21.5 Å². The second-order valence-electron chi connectivity index (χ2n) is 8.62. The van der Waals surface area contributed by atoms with Crippen LogP contribution in [0.5, 0.6) is 0 Å². The zero-order valence-electron chi connectivity index (χ0n) is 18.6. The highest BCUT2D eigenvalue weighted by atomic mass is 14.2. The van der Waals surface area contributed by atoms with Crippen molar-refractivity contribution in [3.05, 3.63) is 133 Å². The summed E-state index contributed by atoms with van der Waals surface area (Å²) in [7, 11) is 0. The number of hydrogen-bond acceptors (Lipinski definition) is 0. The smallest absolute Gasteiger partial charge is 0.00262 e. The number of hydrogen-bond donors (Lipinski definition) is 0. The van der Waals surface area contributed by atoms with Crippen LogP contribution in [0.2, 0.25) is 0 Å². The SMILES string of the molecule is Cc1c2ccccc2c(-c2cc(-c3ccccc3)cc(-c3ccccc3)c2)c2ccccc12. The summed E-state index contributed by atoms with van der Waals surface area (Å²) in [6.45, 7) is 2.24. The van der Waals surface area contributed by atoms with Gasteiger partial charge >= 0.3 is 0 Å². The summed E-state index contributed by atoms with van der Waals surface area (Å²) in [5, 5.41) is 5.24. The Labute approximate surface area is 194 Å². The molecule has 0 atom stereocenters. The molecule has 0 heteroatoms. The lowest BCUT2D eigenvalue weighted by atomic mass is 9.86. The molecule has 0 nitrogen and oxygen atoms in total. The minimum atomic E-state index is 1.23. The van der Waals surface area contributed by atoms with Crippen molar-refractivity contribution in [3.63, 3.8) is 0 Å². The molecule has 6 rings (SSSR count). The van der Waals surface area contributed by atoms with Crippen molar-refractivity contribution < 1.29 is 0 Å². The third kappa shape index (κ3) is 3.41. The first-order valence-corrected chi connectivity index (χ1v) is 11.5. The minimum absolute atomic E-state index is 1.23. The summed E-state index contributed by atoms with van der Waals surface area (Å²) in [6, 6.07) is 46.0. The largest absolute Gasteiger partial charge is 0.0622 e. The van der Waals surface area contributed by atoms with Crippen LogP contribution in [0.1, 0.15) is 5.56 Å². The Kier molecular flexibility index (Phi) is 4.78. The van der Waals surface area contributed by atoms with E-state index in [2.05, 4.69) is 134 Å². The molecular formula is C33H24. The molecule has 0 saturated heterocycles. The fourth-order valence-corrected chi connectivity index (χ4v) is 5.02. The predicted octanol–water partition coefficient (Wildman–Crippen LogP) is 9.30. The molecule has 0 bridgehead atoms. The number of rotatable bonds is 3. The Morgan fingerprint density at radius 3 is 1.15 bits per heavy atom. The number of fused-ring (bicyclic) bond motifs is 2. The molecule has 0 unspecified atom stereocenters. The van der Waals surface area contributed by atoms with E-state index in [1.54, 1.807) is 0 Å². The standard InChI is InChI=1S/C33H24/c1-23-29-16-8-10-18-31(29)33(32-19-11-9-17-30(23)32)28-21-26(24-12-4-2-5-13-24)20-27(22-28)25-14-6-3-7-15-25/h2-22H,1H3. The van der Waals surface area contributed by atoms with E-state index in [-0.39, 0.29) is 0 Å². The number of benzene rings is 6. The van der Waals surface area contributed by atoms with Crippen LogP contribution in [-0.4, -0.2) is 0 Å². The van der Waals surface area contributed by atoms with Crippen molar-refractivity contribution in [2.75, 3.05) is 0 Å². The van der Waals surface area contributed by atoms with Crippen LogP contribution in [0.4, 0.5) is 0 Å². The van der Waals surface area contributed by atoms with E-state index in [9.17, 15) is 0 Å². The van der Waals surface area contributed by atoms with Gasteiger partial charge in [0.2, 0.25) is 0 Å². The molecule has 0 aliphatic rings. The van der Waals surface area contributed by atoms with E-state index in [0.717, 1.165) is 0 Å². The van der Waals surface area contributed by atoms with Crippen LogP contribution in [0.25, 0.3) is 54.9 Å². The van der Waals surface area contributed by atoms with Gasteiger partial charge in [0.05, 0.1) is 0 Å². The molecule has 0 aromatic heterocycles. The fourth-order valence-electron chi connectivity index (χ4n) is 5.02. The van der Waals surface area contributed by atoms with E-state index in [1.807, 2.05) is 0 Å². The van der Waals surface area contributed by atoms with E-state index in [4.69, 9.17) is 0 Å². The summed E-state index contributed by atoms with van der Waals surface area (Å²) in [5.41, 5.74) is 8.84. The van der Waals surface area contributed by atoms with E-state index >= 15 is 0 Å². The van der Waals surface area contributed by atoms with Crippen LogP contribution in [-0.2, 0) is 0 Å². The summed E-state index contributed by atoms with van der Waals surface area (Å²) in [5.74, 6) is 0. The molecule has 0 spiro atoms. The van der Waals surface area contributed by atoms with Crippen molar-refractivity contribution in [1.29, 1.82) is 0 Å². The lowest BCUT2D eigenvalue weighted by Crippen LogP contribution is -1.91. The van der Waals surface area contributed by atoms with Crippen LogP contribution in [0.15, 0.2) is 127 Å². The van der Waals surface area contributed by atoms with Gasteiger partial charge < -0.3 is 0 Å². The third-order valence-electron chi connectivity index (χ3n) is 6.64. The molecule has 0 heterocycles. The van der Waals surface area contributed by atoms with Crippen molar-refractivity contribution in [2.24, 2.45) is 0 Å². The molecule has 0 aliphatic heterocycles. The van der Waals surface area contributed by atoms with Crippen LogP contribution >= 0.6 is 0 Å². The monoisotopic (exact) mass is 420 g/mol. The molecule has 0 amide bonds. The highest BCUT2D eigenvalue weighted by molar-refractivity contribution is 6.15. The van der Waals surface area contributed by atoms with Crippen molar-refractivity contribution in [3.8, 4) is 33.4 Å². The molecule has 33 heavy (non-hydrogen) atoms.